The molecule has 2 atom stereocenters. The van der Waals surface area contributed by atoms with Crippen molar-refractivity contribution in [3.8, 4) is 5.75 Å². The highest BCUT2D eigenvalue weighted by Gasteiger charge is 2.67. The zero-order valence-corrected chi connectivity index (χ0v) is 20.3. The van der Waals surface area contributed by atoms with Crippen molar-refractivity contribution in [2.45, 2.75) is 24.1 Å². The Balaban J connectivity index is 1.58. The summed E-state index contributed by atoms with van der Waals surface area (Å²) in [5, 5.41) is 0. The average Bonchev–Trinajstić information content (AvgIpc) is 3.11. The summed E-state index contributed by atoms with van der Waals surface area (Å²) < 4.78 is 4.97. The van der Waals surface area contributed by atoms with E-state index in [1.165, 1.54) is 11.8 Å². The molecule has 1 fully saturated rings. The molecule has 1 aliphatic heterocycles. The second-order valence-electron chi connectivity index (χ2n) is 9.05. The van der Waals surface area contributed by atoms with Gasteiger partial charge in [-0.25, -0.2) is 4.90 Å². The number of hydrogen-bond acceptors (Lipinski definition) is 4. The van der Waals surface area contributed by atoms with Crippen LogP contribution in [0.3, 0.4) is 0 Å². The summed E-state index contributed by atoms with van der Waals surface area (Å²) in [4.78, 5) is 41.6. The summed E-state index contributed by atoms with van der Waals surface area (Å²) in [6.45, 7) is 3.68. The predicted molar refractivity (Wildman–Crippen MR) is 132 cm³/mol. The first-order chi connectivity index (χ1) is 16.4. The zero-order chi connectivity index (χ0) is 23.8. The summed E-state index contributed by atoms with van der Waals surface area (Å²) in [5.74, 6) is -1.63. The summed E-state index contributed by atoms with van der Waals surface area (Å²) in [5.41, 5.74) is 4.98. The van der Waals surface area contributed by atoms with Crippen molar-refractivity contribution < 1.29 is 19.1 Å². The normalized spacial score (nSPS) is 26.2. The third-order valence-electron chi connectivity index (χ3n) is 7.42. The van der Waals surface area contributed by atoms with E-state index in [-0.39, 0.29) is 23.5 Å². The molecule has 7 rings (SSSR count). The number of carbonyl (C=O) groups is 3. The minimum atomic E-state index is -0.814. The fourth-order valence-corrected chi connectivity index (χ4v) is 7.31. The first-order valence-corrected chi connectivity index (χ1v) is 12.2. The highest BCUT2D eigenvalue weighted by molar-refractivity contribution is 9.09. The monoisotopic (exact) mass is 515 g/mol. The number of benzene rings is 3. The van der Waals surface area contributed by atoms with Crippen molar-refractivity contribution in [1.29, 1.82) is 0 Å². The van der Waals surface area contributed by atoms with Gasteiger partial charge in [0.05, 0.1) is 28.5 Å². The Bertz CT molecular complexity index is 1350. The smallest absolute Gasteiger partial charge is 0.239 e. The molecule has 34 heavy (non-hydrogen) atoms. The predicted octanol–water partition coefficient (Wildman–Crippen LogP) is 5.19. The van der Waals surface area contributed by atoms with Crippen LogP contribution in [0.25, 0.3) is 0 Å². The fourth-order valence-electron chi connectivity index (χ4n) is 6.11. The molecule has 0 N–H and O–H groups in total. The highest BCUT2D eigenvalue weighted by Crippen LogP contribution is 2.66. The molecule has 1 heterocycles. The van der Waals surface area contributed by atoms with E-state index in [1.807, 2.05) is 43.3 Å². The molecule has 170 valence electrons. The van der Waals surface area contributed by atoms with E-state index in [9.17, 15) is 14.4 Å². The topological polar surface area (TPSA) is 63.7 Å². The maximum absolute atomic E-state index is 14.1. The number of hydrogen-bond donors (Lipinski definition) is 0. The quantitative estimate of drug-likeness (QED) is 0.272. The molecule has 0 saturated carbocycles. The second kappa shape index (κ2) is 7.37. The first-order valence-electron chi connectivity index (χ1n) is 11.4. The van der Waals surface area contributed by atoms with E-state index in [2.05, 4.69) is 28.1 Å². The number of ether oxygens (including phenoxy) is 1. The van der Waals surface area contributed by atoms with Crippen LogP contribution in [0, 0.1) is 11.8 Å². The van der Waals surface area contributed by atoms with E-state index in [0.29, 0.717) is 23.6 Å². The zero-order valence-electron chi connectivity index (χ0n) is 18.7. The lowest BCUT2D eigenvalue weighted by molar-refractivity contribution is -0.122. The standard InChI is InChI=1S/C28H22BrNO4/c1-3-34-22-13-12-16(15(2)31)14-21(22)30-26(32)24-23-17-8-4-6-10-19(17)28(29,25(24)27(30)33)20-11-7-5-9-18(20)23/h4-14,23-25H,3H2,1-2H3/t23?,24-,25-,28?/m1/s1. The molecule has 3 aromatic carbocycles. The number of anilines is 1. The van der Waals surface area contributed by atoms with Gasteiger partial charge < -0.3 is 4.74 Å². The molecule has 3 aliphatic carbocycles. The van der Waals surface area contributed by atoms with Crippen LogP contribution in [0.4, 0.5) is 5.69 Å². The van der Waals surface area contributed by atoms with Crippen molar-refractivity contribution in [1.82, 2.24) is 0 Å². The molecule has 0 unspecified atom stereocenters. The Morgan fingerprint density at radius 2 is 1.59 bits per heavy atom. The van der Waals surface area contributed by atoms with Crippen molar-refractivity contribution >= 4 is 39.2 Å². The van der Waals surface area contributed by atoms with Gasteiger partial charge in [0.15, 0.2) is 5.78 Å². The number of Topliss-reactive ketones (excluding diaryl/α,β-unsaturated/α-hetero) is 1. The lowest BCUT2D eigenvalue weighted by atomic mass is 9.55. The van der Waals surface area contributed by atoms with Crippen molar-refractivity contribution in [2.24, 2.45) is 11.8 Å². The number of amides is 2. The van der Waals surface area contributed by atoms with Gasteiger partial charge in [-0.2, -0.15) is 0 Å². The molecular weight excluding hydrogens is 494 g/mol. The molecular formula is C28H22BrNO4. The third-order valence-corrected chi connectivity index (χ3v) is 8.77. The molecule has 3 aromatic rings. The SMILES string of the molecule is CCOc1ccc(C(C)=O)cc1N1C(=O)[C@@H]2C3c4ccccc4C(Br)(c4ccccc43)[C@H]2C1=O. The molecule has 2 bridgehead atoms. The summed E-state index contributed by atoms with van der Waals surface area (Å²) in [6.07, 6.45) is 0. The Morgan fingerprint density at radius 3 is 2.18 bits per heavy atom. The summed E-state index contributed by atoms with van der Waals surface area (Å²) in [7, 11) is 0. The molecule has 2 amide bonds. The average molecular weight is 516 g/mol. The van der Waals surface area contributed by atoms with Gasteiger partial charge in [-0.1, -0.05) is 64.5 Å². The van der Waals surface area contributed by atoms with Gasteiger partial charge >= 0.3 is 0 Å². The van der Waals surface area contributed by atoms with Gasteiger partial charge in [-0.15, -0.1) is 0 Å². The van der Waals surface area contributed by atoms with Gasteiger partial charge in [-0.05, 0) is 54.3 Å². The minimum Gasteiger partial charge on any atom is -0.492 e. The lowest BCUT2D eigenvalue weighted by Crippen LogP contribution is -2.50. The maximum atomic E-state index is 14.1. The number of imide groups is 1. The van der Waals surface area contributed by atoms with E-state index < -0.39 is 16.2 Å². The van der Waals surface area contributed by atoms with E-state index in [4.69, 9.17) is 4.74 Å². The number of halogens is 1. The fraction of sp³-hybridized carbons (Fsp3) is 0.250. The van der Waals surface area contributed by atoms with E-state index >= 15 is 0 Å². The molecule has 4 aliphatic rings. The number of alkyl halides is 1. The van der Waals surface area contributed by atoms with Gasteiger partial charge in [0.1, 0.15) is 5.75 Å². The van der Waals surface area contributed by atoms with Crippen LogP contribution in [-0.2, 0) is 13.9 Å². The van der Waals surface area contributed by atoms with Crippen molar-refractivity contribution in [2.75, 3.05) is 11.5 Å². The number of rotatable bonds is 4. The molecule has 6 heteroatoms. The van der Waals surface area contributed by atoms with Gasteiger partial charge in [0, 0.05) is 11.5 Å². The minimum absolute atomic E-state index is 0.141. The van der Waals surface area contributed by atoms with Crippen molar-refractivity contribution in [3.05, 3.63) is 94.5 Å². The van der Waals surface area contributed by atoms with Gasteiger partial charge in [-0.3, -0.25) is 14.4 Å². The van der Waals surface area contributed by atoms with Crippen LogP contribution in [0.1, 0.15) is 52.4 Å². The van der Waals surface area contributed by atoms with E-state index in [0.717, 1.165) is 22.3 Å². The van der Waals surface area contributed by atoms with Crippen molar-refractivity contribution in [3.63, 3.8) is 0 Å². The largest absolute Gasteiger partial charge is 0.492 e. The second-order valence-corrected chi connectivity index (χ2v) is 10.3. The molecule has 0 spiro atoms. The van der Waals surface area contributed by atoms with Crippen LogP contribution < -0.4 is 9.64 Å². The van der Waals surface area contributed by atoms with Gasteiger partial charge in [0.25, 0.3) is 0 Å². The Kier molecular flexibility index (Phi) is 4.62. The number of carbonyl (C=O) groups excluding carboxylic acids is 3. The Morgan fingerprint density at radius 1 is 0.971 bits per heavy atom. The highest BCUT2D eigenvalue weighted by atomic mass is 79.9. The maximum Gasteiger partial charge on any atom is 0.239 e. The number of ketones is 1. The van der Waals surface area contributed by atoms with Crippen LogP contribution in [0.5, 0.6) is 5.75 Å². The Hall–Kier alpha value is -3.25. The third kappa shape index (κ3) is 2.57. The van der Waals surface area contributed by atoms with Gasteiger partial charge in [0.2, 0.25) is 11.8 Å². The molecule has 1 saturated heterocycles. The summed E-state index contributed by atoms with van der Waals surface area (Å²) >= 11 is 4.01. The van der Waals surface area contributed by atoms with Crippen LogP contribution >= 0.6 is 15.9 Å². The summed E-state index contributed by atoms with van der Waals surface area (Å²) in [6, 6.07) is 21.1. The molecule has 5 nitrogen and oxygen atoms in total. The lowest BCUT2D eigenvalue weighted by Gasteiger charge is -2.51. The number of nitrogens with zero attached hydrogens (tertiary/aromatic N) is 1. The van der Waals surface area contributed by atoms with Crippen LogP contribution in [0.15, 0.2) is 66.7 Å². The Labute approximate surface area is 205 Å². The van der Waals surface area contributed by atoms with E-state index in [1.54, 1.807) is 18.2 Å². The van der Waals surface area contributed by atoms with Crippen LogP contribution in [-0.4, -0.2) is 24.2 Å². The van der Waals surface area contributed by atoms with Crippen LogP contribution in [0.2, 0.25) is 0 Å². The molecule has 0 radical (unpaired) electrons. The first kappa shape index (κ1) is 21.3. The molecule has 0 aromatic heterocycles.